The fraction of sp³-hybridized carbons (Fsp3) is 0.267. The third-order valence-corrected chi connectivity index (χ3v) is 4.61. The minimum absolute atomic E-state index is 0.207. The Hall–Kier alpha value is -1.79. The lowest BCUT2D eigenvalue weighted by Crippen LogP contribution is -2.11. The molecule has 0 spiro atoms. The number of pyridine rings is 1. The molecule has 0 aliphatic heterocycles. The maximum atomic E-state index is 5.46. The number of aromatic amines is 1. The van der Waals surface area contributed by atoms with Crippen LogP contribution in [0, 0.1) is 4.77 Å². The number of H-pyrrole nitrogens is 1. The highest BCUT2D eigenvalue weighted by Crippen LogP contribution is 2.31. The van der Waals surface area contributed by atoms with Crippen molar-refractivity contribution in [2.24, 2.45) is 0 Å². The lowest BCUT2D eigenvalue weighted by atomic mass is 10.1. The van der Waals surface area contributed by atoms with E-state index in [0.29, 0.717) is 4.77 Å². The highest BCUT2D eigenvalue weighted by atomic mass is 32.1. The van der Waals surface area contributed by atoms with Gasteiger partial charge in [0.05, 0.1) is 6.04 Å². The van der Waals surface area contributed by atoms with E-state index in [4.69, 9.17) is 12.2 Å². The van der Waals surface area contributed by atoms with Crippen molar-refractivity contribution in [2.75, 3.05) is 0 Å². The van der Waals surface area contributed by atoms with Gasteiger partial charge in [-0.1, -0.05) is 25.5 Å². The van der Waals surface area contributed by atoms with E-state index in [1.165, 1.54) is 4.88 Å². The van der Waals surface area contributed by atoms with Crippen LogP contribution in [0.3, 0.4) is 0 Å². The van der Waals surface area contributed by atoms with Gasteiger partial charge in [0.25, 0.3) is 0 Å². The Labute approximate surface area is 132 Å². The normalized spacial score (nSPS) is 12.4. The van der Waals surface area contributed by atoms with Gasteiger partial charge >= 0.3 is 0 Å². The minimum atomic E-state index is 0.207. The van der Waals surface area contributed by atoms with Gasteiger partial charge in [0, 0.05) is 11.1 Å². The molecule has 0 saturated carbocycles. The van der Waals surface area contributed by atoms with E-state index in [-0.39, 0.29) is 6.04 Å². The molecule has 0 saturated heterocycles. The zero-order valence-corrected chi connectivity index (χ0v) is 13.3. The summed E-state index contributed by atoms with van der Waals surface area (Å²) >= 11 is 7.21. The van der Waals surface area contributed by atoms with Gasteiger partial charge in [-0.3, -0.25) is 14.6 Å². The monoisotopic (exact) mass is 316 g/mol. The van der Waals surface area contributed by atoms with Gasteiger partial charge in [-0.2, -0.15) is 5.10 Å². The van der Waals surface area contributed by atoms with Crippen molar-refractivity contribution in [3.8, 4) is 11.5 Å². The first kappa shape index (κ1) is 14.2. The molecule has 1 atom stereocenters. The molecule has 0 fully saturated rings. The fourth-order valence-corrected chi connectivity index (χ4v) is 3.53. The summed E-state index contributed by atoms with van der Waals surface area (Å²) in [5.74, 6) is 0.799. The first-order chi connectivity index (χ1) is 10.3. The number of hydrogen-bond acceptors (Lipinski definition) is 4. The number of thiophene rings is 1. The van der Waals surface area contributed by atoms with Gasteiger partial charge < -0.3 is 0 Å². The summed E-state index contributed by atoms with van der Waals surface area (Å²) in [5, 5.41) is 9.40. The van der Waals surface area contributed by atoms with Crippen molar-refractivity contribution in [1.29, 1.82) is 0 Å². The summed E-state index contributed by atoms with van der Waals surface area (Å²) in [6.45, 7) is 2.19. The Morgan fingerprint density at radius 2 is 2.24 bits per heavy atom. The zero-order chi connectivity index (χ0) is 14.7. The second-order valence-corrected chi connectivity index (χ2v) is 6.12. The first-order valence-electron chi connectivity index (χ1n) is 6.93. The van der Waals surface area contributed by atoms with Crippen LogP contribution in [0.5, 0.6) is 0 Å². The molecule has 3 aromatic rings. The van der Waals surface area contributed by atoms with Gasteiger partial charge in [0.2, 0.25) is 0 Å². The van der Waals surface area contributed by atoms with E-state index >= 15 is 0 Å². The van der Waals surface area contributed by atoms with Gasteiger partial charge in [-0.25, -0.2) is 0 Å². The average molecular weight is 316 g/mol. The van der Waals surface area contributed by atoms with E-state index in [0.717, 1.165) is 24.4 Å². The number of hydrogen-bond donors (Lipinski definition) is 1. The van der Waals surface area contributed by atoms with Crippen LogP contribution in [0.25, 0.3) is 11.5 Å². The van der Waals surface area contributed by atoms with Crippen LogP contribution in [0.15, 0.2) is 41.9 Å². The van der Waals surface area contributed by atoms with Gasteiger partial charge in [-0.15, -0.1) is 11.3 Å². The fourth-order valence-electron chi connectivity index (χ4n) is 2.42. The Morgan fingerprint density at radius 1 is 1.33 bits per heavy atom. The summed E-state index contributed by atoms with van der Waals surface area (Å²) < 4.78 is 2.73. The topological polar surface area (TPSA) is 46.5 Å². The summed E-state index contributed by atoms with van der Waals surface area (Å²) in [4.78, 5) is 5.70. The van der Waals surface area contributed by atoms with Crippen molar-refractivity contribution in [3.63, 3.8) is 0 Å². The third kappa shape index (κ3) is 2.82. The second kappa shape index (κ2) is 6.32. The van der Waals surface area contributed by atoms with E-state index in [1.807, 2.05) is 18.2 Å². The molecule has 0 amide bonds. The van der Waals surface area contributed by atoms with E-state index in [2.05, 4.69) is 44.2 Å². The number of nitrogens with one attached hydrogen (secondary N) is 1. The van der Waals surface area contributed by atoms with Crippen LogP contribution >= 0.6 is 23.6 Å². The second-order valence-electron chi connectivity index (χ2n) is 4.76. The molecule has 108 valence electrons. The lowest BCUT2D eigenvalue weighted by molar-refractivity contribution is 0.538. The smallest absolute Gasteiger partial charge is 0.196 e. The molecule has 6 heteroatoms. The first-order valence-corrected chi connectivity index (χ1v) is 8.21. The van der Waals surface area contributed by atoms with Crippen LogP contribution in [0.4, 0.5) is 0 Å². The van der Waals surface area contributed by atoms with Crippen LogP contribution in [0.2, 0.25) is 0 Å². The van der Waals surface area contributed by atoms with Crippen LogP contribution in [-0.2, 0) is 0 Å². The minimum Gasteiger partial charge on any atom is -0.290 e. The predicted molar refractivity (Wildman–Crippen MR) is 88.0 cm³/mol. The Balaban J connectivity index is 2.12. The largest absolute Gasteiger partial charge is 0.290 e. The van der Waals surface area contributed by atoms with Crippen LogP contribution in [0.1, 0.15) is 30.7 Å². The summed E-state index contributed by atoms with van der Waals surface area (Å²) in [5.41, 5.74) is 0.836. The molecule has 1 N–H and O–H groups in total. The number of rotatable bonds is 5. The van der Waals surface area contributed by atoms with Crippen molar-refractivity contribution < 1.29 is 0 Å². The molecule has 4 nitrogen and oxygen atoms in total. The number of nitrogens with zero attached hydrogens (tertiary/aromatic N) is 3. The van der Waals surface area contributed by atoms with Crippen LogP contribution in [-0.4, -0.2) is 19.7 Å². The Bertz CT molecular complexity index is 744. The molecule has 0 aliphatic carbocycles. The molecule has 0 radical (unpaired) electrons. The third-order valence-electron chi connectivity index (χ3n) is 3.34. The van der Waals surface area contributed by atoms with Crippen molar-refractivity contribution in [1.82, 2.24) is 19.7 Å². The highest BCUT2D eigenvalue weighted by molar-refractivity contribution is 7.71. The molecule has 0 aromatic carbocycles. The van der Waals surface area contributed by atoms with E-state index in [1.54, 1.807) is 17.5 Å². The van der Waals surface area contributed by atoms with Gasteiger partial charge in [0.1, 0.15) is 5.69 Å². The number of aromatic nitrogens is 4. The standard InChI is InChI=1S/C15H16N4S2/c1-2-6-12(13-8-5-10-21-13)19-14(17-18-15(19)20)11-7-3-4-9-16-11/h3-5,7-10,12H,2,6H2,1H3,(H,18,20). The van der Waals surface area contributed by atoms with Crippen molar-refractivity contribution in [2.45, 2.75) is 25.8 Å². The van der Waals surface area contributed by atoms with Gasteiger partial charge in [-0.05, 0) is 42.2 Å². The maximum Gasteiger partial charge on any atom is 0.196 e. The van der Waals surface area contributed by atoms with E-state index in [9.17, 15) is 0 Å². The zero-order valence-electron chi connectivity index (χ0n) is 11.7. The lowest BCUT2D eigenvalue weighted by Gasteiger charge is -2.18. The quantitative estimate of drug-likeness (QED) is 0.707. The Kier molecular flexibility index (Phi) is 4.26. The molecular weight excluding hydrogens is 300 g/mol. The highest BCUT2D eigenvalue weighted by Gasteiger charge is 2.20. The summed E-state index contributed by atoms with van der Waals surface area (Å²) in [6.07, 6.45) is 3.88. The Morgan fingerprint density at radius 3 is 2.90 bits per heavy atom. The van der Waals surface area contributed by atoms with Crippen molar-refractivity contribution in [3.05, 3.63) is 51.6 Å². The molecule has 3 rings (SSSR count). The molecule has 0 aliphatic rings. The van der Waals surface area contributed by atoms with Crippen LogP contribution < -0.4 is 0 Å². The molecular formula is C15H16N4S2. The molecule has 0 bridgehead atoms. The maximum absolute atomic E-state index is 5.46. The summed E-state index contributed by atoms with van der Waals surface area (Å²) in [6, 6.07) is 10.3. The molecule has 21 heavy (non-hydrogen) atoms. The SMILES string of the molecule is CCCC(c1cccs1)n1c(-c2ccccn2)n[nH]c1=S. The van der Waals surface area contributed by atoms with Crippen molar-refractivity contribution >= 4 is 23.6 Å². The molecule has 3 aromatic heterocycles. The van der Waals surface area contributed by atoms with E-state index < -0.39 is 0 Å². The summed E-state index contributed by atoms with van der Waals surface area (Å²) in [7, 11) is 0. The average Bonchev–Trinajstić information content (AvgIpc) is 3.16. The van der Waals surface area contributed by atoms with Gasteiger partial charge in [0.15, 0.2) is 10.6 Å². The molecule has 1 unspecified atom stereocenters. The predicted octanol–water partition coefficient (Wildman–Crippen LogP) is 4.45. The molecule has 3 heterocycles.